The summed E-state index contributed by atoms with van der Waals surface area (Å²) in [5.74, 6) is -0.861. The molecule has 2 rings (SSSR count). The fourth-order valence-electron chi connectivity index (χ4n) is 1.90. The van der Waals surface area contributed by atoms with Crippen molar-refractivity contribution in [2.45, 2.75) is 31.3 Å². The molecular formula is C7H9NO3. The minimum Gasteiger partial charge on any atom is -0.480 e. The number of carboxylic acids is 1. The van der Waals surface area contributed by atoms with Crippen LogP contribution in [0.2, 0.25) is 0 Å². The molecule has 60 valence electrons. The minimum absolute atomic E-state index is 0.0000926. The first-order valence-electron chi connectivity index (χ1n) is 3.74. The van der Waals surface area contributed by atoms with Gasteiger partial charge in [0.1, 0.15) is 6.04 Å². The first-order chi connectivity index (χ1) is 5.20. The van der Waals surface area contributed by atoms with Crippen molar-refractivity contribution in [3.05, 3.63) is 0 Å². The van der Waals surface area contributed by atoms with Gasteiger partial charge in [-0.15, -0.1) is 0 Å². The van der Waals surface area contributed by atoms with Gasteiger partial charge in [-0.3, -0.25) is 4.79 Å². The van der Waals surface area contributed by atoms with Gasteiger partial charge in [-0.05, 0) is 12.8 Å². The molecule has 1 N–H and O–H groups in total. The summed E-state index contributed by atoms with van der Waals surface area (Å²) in [4.78, 5) is 22.9. The van der Waals surface area contributed by atoms with E-state index in [9.17, 15) is 9.59 Å². The third kappa shape index (κ3) is 0.751. The van der Waals surface area contributed by atoms with Crippen LogP contribution in [0.5, 0.6) is 0 Å². The predicted molar refractivity (Wildman–Crippen MR) is 35.9 cm³/mol. The summed E-state index contributed by atoms with van der Waals surface area (Å²) in [5.41, 5.74) is 0. The molecule has 2 atom stereocenters. The van der Waals surface area contributed by atoms with E-state index in [-0.39, 0.29) is 11.9 Å². The Labute approximate surface area is 63.8 Å². The molecule has 0 aromatic heterocycles. The summed E-state index contributed by atoms with van der Waals surface area (Å²) >= 11 is 0. The van der Waals surface area contributed by atoms with Gasteiger partial charge in [0, 0.05) is 12.5 Å². The summed E-state index contributed by atoms with van der Waals surface area (Å²) < 4.78 is 0. The highest BCUT2D eigenvalue weighted by Gasteiger charge is 2.48. The molecule has 0 aromatic rings. The van der Waals surface area contributed by atoms with Gasteiger partial charge >= 0.3 is 5.97 Å². The van der Waals surface area contributed by atoms with Gasteiger partial charge in [-0.2, -0.15) is 0 Å². The van der Waals surface area contributed by atoms with E-state index in [2.05, 4.69) is 0 Å². The average Bonchev–Trinajstić information content (AvgIpc) is 2.25. The van der Waals surface area contributed by atoms with E-state index in [1.54, 1.807) is 0 Å². The Bertz CT molecular complexity index is 218. The van der Waals surface area contributed by atoms with Crippen molar-refractivity contribution < 1.29 is 14.7 Å². The lowest BCUT2D eigenvalue weighted by Crippen LogP contribution is -2.54. The van der Waals surface area contributed by atoms with Crippen LogP contribution < -0.4 is 0 Å². The summed E-state index contributed by atoms with van der Waals surface area (Å²) in [5, 5.41) is 8.66. The van der Waals surface area contributed by atoms with E-state index in [1.165, 1.54) is 4.90 Å². The molecule has 4 heteroatoms. The van der Waals surface area contributed by atoms with E-state index in [0.717, 1.165) is 6.42 Å². The normalized spacial score (nSPS) is 34.9. The molecule has 4 nitrogen and oxygen atoms in total. The molecule has 0 bridgehead atoms. The lowest BCUT2D eigenvalue weighted by atomic mass is 10.0. The maximum absolute atomic E-state index is 10.9. The molecular weight excluding hydrogens is 146 g/mol. The number of amides is 1. The van der Waals surface area contributed by atoms with Crippen LogP contribution in [0.4, 0.5) is 0 Å². The van der Waals surface area contributed by atoms with Gasteiger partial charge in [-0.1, -0.05) is 0 Å². The minimum atomic E-state index is -0.861. The van der Waals surface area contributed by atoms with Gasteiger partial charge in [0.05, 0.1) is 0 Å². The van der Waals surface area contributed by atoms with E-state index >= 15 is 0 Å². The van der Waals surface area contributed by atoms with E-state index in [0.29, 0.717) is 12.8 Å². The summed E-state index contributed by atoms with van der Waals surface area (Å²) in [6.07, 6.45) is 2.05. The van der Waals surface area contributed by atoms with Gasteiger partial charge in [-0.25, -0.2) is 4.79 Å². The number of hydrogen-bond donors (Lipinski definition) is 1. The maximum Gasteiger partial charge on any atom is 0.326 e. The number of fused-ring (bicyclic) bond motifs is 1. The molecule has 0 aliphatic carbocycles. The van der Waals surface area contributed by atoms with Crippen molar-refractivity contribution in [2.75, 3.05) is 0 Å². The van der Waals surface area contributed by atoms with E-state index in [1.807, 2.05) is 0 Å². The predicted octanol–water partition coefficient (Wildman–Crippen LogP) is -0.166. The van der Waals surface area contributed by atoms with Crippen molar-refractivity contribution in [3.8, 4) is 0 Å². The summed E-state index contributed by atoms with van der Waals surface area (Å²) in [6.45, 7) is 0. The van der Waals surface area contributed by atoms with Crippen LogP contribution >= 0.6 is 0 Å². The second-order valence-corrected chi connectivity index (χ2v) is 3.09. The highest BCUT2D eigenvalue weighted by atomic mass is 16.4. The Morgan fingerprint density at radius 3 is 2.73 bits per heavy atom. The second-order valence-electron chi connectivity index (χ2n) is 3.09. The van der Waals surface area contributed by atoms with Crippen LogP contribution in [0.15, 0.2) is 0 Å². The largest absolute Gasteiger partial charge is 0.480 e. The van der Waals surface area contributed by atoms with Gasteiger partial charge in [0.15, 0.2) is 0 Å². The SMILES string of the molecule is O=C(O)C1CC[C@@H]2CC(=O)N12. The zero-order valence-corrected chi connectivity index (χ0v) is 5.99. The topological polar surface area (TPSA) is 57.6 Å². The Morgan fingerprint density at radius 2 is 2.27 bits per heavy atom. The molecule has 0 saturated carbocycles. The second kappa shape index (κ2) is 1.96. The van der Waals surface area contributed by atoms with Crippen molar-refractivity contribution in [1.82, 2.24) is 4.90 Å². The van der Waals surface area contributed by atoms with Gasteiger partial charge in [0.2, 0.25) is 5.91 Å². The molecule has 2 aliphatic heterocycles. The van der Waals surface area contributed by atoms with Crippen LogP contribution in [-0.4, -0.2) is 34.0 Å². The van der Waals surface area contributed by atoms with E-state index in [4.69, 9.17) is 5.11 Å². The molecule has 2 aliphatic rings. The molecule has 1 amide bonds. The fraction of sp³-hybridized carbons (Fsp3) is 0.714. The van der Waals surface area contributed by atoms with Crippen molar-refractivity contribution in [1.29, 1.82) is 0 Å². The lowest BCUT2D eigenvalue weighted by Gasteiger charge is -2.36. The quantitative estimate of drug-likeness (QED) is 0.535. The number of aliphatic carboxylic acids is 1. The molecule has 2 fully saturated rings. The van der Waals surface area contributed by atoms with Gasteiger partial charge in [0.25, 0.3) is 0 Å². The number of hydrogen-bond acceptors (Lipinski definition) is 2. The monoisotopic (exact) mass is 155 g/mol. The van der Waals surface area contributed by atoms with Crippen LogP contribution in [0.1, 0.15) is 19.3 Å². The Balaban J connectivity index is 2.14. The number of nitrogens with zero attached hydrogens (tertiary/aromatic N) is 1. The first kappa shape index (κ1) is 6.64. The number of carbonyl (C=O) groups excluding carboxylic acids is 1. The smallest absolute Gasteiger partial charge is 0.326 e. The summed E-state index contributed by atoms with van der Waals surface area (Å²) in [6, 6.07) is -0.287. The fourth-order valence-corrected chi connectivity index (χ4v) is 1.90. The van der Waals surface area contributed by atoms with Gasteiger partial charge < -0.3 is 10.0 Å². The highest BCUT2D eigenvalue weighted by molar-refractivity contribution is 5.89. The molecule has 0 aromatic carbocycles. The molecule has 2 heterocycles. The van der Waals surface area contributed by atoms with Crippen LogP contribution in [0.3, 0.4) is 0 Å². The zero-order chi connectivity index (χ0) is 8.01. The molecule has 11 heavy (non-hydrogen) atoms. The Hall–Kier alpha value is -1.06. The van der Waals surface area contributed by atoms with Crippen LogP contribution in [-0.2, 0) is 9.59 Å². The van der Waals surface area contributed by atoms with Crippen LogP contribution in [0, 0.1) is 0 Å². The van der Waals surface area contributed by atoms with Crippen molar-refractivity contribution in [3.63, 3.8) is 0 Å². The first-order valence-corrected chi connectivity index (χ1v) is 3.74. The van der Waals surface area contributed by atoms with E-state index < -0.39 is 12.0 Å². The third-order valence-corrected chi connectivity index (χ3v) is 2.49. The molecule has 2 saturated heterocycles. The van der Waals surface area contributed by atoms with Crippen LogP contribution in [0.25, 0.3) is 0 Å². The molecule has 0 spiro atoms. The third-order valence-electron chi connectivity index (χ3n) is 2.49. The lowest BCUT2D eigenvalue weighted by molar-refractivity contribution is -0.156. The standard InChI is InChI=1S/C7H9NO3/c9-6-3-4-1-2-5(7(10)11)8(4)6/h4-5H,1-3H2,(H,10,11)/t4-,5?/m1/s1. The number of carbonyl (C=O) groups is 2. The Morgan fingerprint density at radius 1 is 1.55 bits per heavy atom. The Kier molecular flexibility index (Phi) is 1.19. The van der Waals surface area contributed by atoms with Crippen molar-refractivity contribution >= 4 is 11.9 Å². The number of β-lactam (4-membered cyclic amide) rings is 1. The molecule has 1 unspecified atom stereocenters. The average molecular weight is 155 g/mol. The highest BCUT2D eigenvalue weighted by Crippen LogP contribution is 2.34. The maximum atomic E-state index is 10.9. The number of rotatable bonds is 1. The van der Waals surface area contributed by atoms with Crippen molar-refractivity contribution in [2.24, 2.45) is 0 Å². The zero-order valence-electron chi connectivity index (χ0n) is 5.99. The number of carboxylic acid groups (broad SMARTS) is 1. The molecule has 0 radical (unpaired) electrons. The summed E-state index contributed by atoms with van der Waals surface area (Å²) in [7, 11) is 0.